The van der Waals surface area contributed by atoms with Gasteiger partial charge in [0.1, 0.15) is 11.5 Å². The second kappa shape index (κ2) is 6.56. The molecule has 0 unspecified atom stereocenters. The molecule has 1 aliphatic heterocycles. The fourth-order valence-corrected chi connectivity index (χ4v) is 2.85. The normalized spacial score (nSPS) is 12.7. The molecule has 0 spiro atoms. The average molecular weight is 366 g/mol. The molecule has 3 aromatic rings. The van der Waals surface area contributed by atoms with Crippen molar-refractivity contribution in [3.05, 3.63) is 65.7 Å². The molecule has 27 heavy (non-hydrogen) atoms. The Kier molecular flexibility index (Phi) is 4.08. The van der Waals surface area contributed by atoms with Gasteiger partial charge in [-0.25, -0.2) is 9.07 Å². The summed E-state index contributed by atoms with van der Waals surface area (Å²) in [5.74, 6) is -0.778. The Hall–Kier alpha value is -3.68. The van der Waals surface area contributed by atoms with E-state index in [4.69, 9.17) is 4.74 Å². The number of aromatic nitrogens is 2. The van der Waals surface area contributed by atoms with E-state index in [1.807, 2.05) is 0 Å². The lowest BCUT2D eigenvalue weighted by atomic mass is 10.2. The Morgan fingerprint density at radius 2 is 2.07 bits per heavy atom. The number of nitrogens with zero attached hydrogens (tertiary/aromatic N) is 2. The molecular formula is C19H15FN4O3. The van der Waals surface area contributed by atoms with E-state index in [0.717, 1.165) is 0 Å². The van der Waals surface area contributed by atoms with Crippen molar-refractivity contribution >= 4 is 23.2 Å². The van der Waals surface area contributed by atoms with E-state index in [2.05, 4.69) is 15.7 Å². The summed E-state index contributed by atoms with van der Waals surface area (Å²) in [7, 11) is 0. The molecule has 2 heterocycles. The molecule has 0 radical (unpaired) electrons. The van der Waals surface area contributed by atoms with E-state index in [-0.39, 0.29) is 23.9 Å². The number of fused-ring (bicyclic) bond motifs is 1. The standard InChI is InChI=1S/C19H15FN4O3/c1-11-9-15(23-24(11)16-8-3-2-5-12(16)20)19(26)22-14-7-4-6-13-18(14)27-10-17(25)21-13/h2-9H,10H2,1H3,(H,21,25)(H,22,26). The number of hydrogen-bond acceptors (Lipinski definition) is 4. The molecular weight excluding hydrogens is 351 g/mol. The third-order valence-electron chi connectivity index (χ3n) is 4.09. The minimum absolute atomic E-state index is 0.124. The minimum Gasteiger partial charge on any atom is -0.479 e. The molecule has 0 saturated carbocycles. The van der Waals surface area contributed by atoms with Crippen molar-refractivity contribution in [3.8, 4) is 11.4 Å². The first-order valence-corrected chi connectivity index (χ1v) is 8.21. The van der Waals surface area contributed by atoms with Crippen molar-refractivity contribution in [1.82, 2.24) is 9.78 Å². The van der Waals surface area contributed by atoms with Gasteiger partial charge in [-0.2, -0.15) is 5.10 Å². The van der Waals surface area contributed by atoms with Crippen molar-refractivity contribution in [3.63, 3.8) is 0 Å². The summed E-state index contributed by atoms with van der Waals surface area (Å²) in [4.78, 5) is 24.0. The van der Waals surface area contributed by atoms with Crippen LogP contribution < -0.4 is 15.4 Å². The first-order valence-electron chi connectivity index (χ1n) is 8.21. The van der Waals surface area contributed by atoms with E-state index >= 15 is 0 Å². The highest BCUT2D eigenvalue weighted by Gasteiger charge is 2.21. The summed E-state index contributed by atoms with van der Waals surface area (Å²) in [6.07, 6.45) is 0. The highest BCUT2D eigenvalue weighted by molar-refractivity contribution is 6.05. The largest absolute Gasteiger partial charge is 0.479 e. The van der Waals surface area contributed by atoms with E-state index in [1.54, 1.807) is 49.4 Å². The van der Waals surface area contributed by atoms with Crippen LogP contribution in [0.5, 0.6) is 5.75 Å². The maximum absolute atomic E-state index is 14.0. The fraction of sp³-hybridized carbons (Fsp3) is 0.105. The molecule has 8 heteroatoms. The third-order valence-corrected chi connectivity index (χ3v) is 4.09. The molecule has 0 aliphatic carbocycles. The molecule has 7 nitrogen and oxygen atoms in total. The van der Waals surface area contributed by atoms with Gasteiger partial charge in [0.05, 0.1) is 11.4 Å². The molecule has 4 rings (SSSR count). The van der Waals surface area contributed by atoms with Crippen LogP contribution in [0.1, 0.15) is 16.2 Å². The van der Waals surface area contributed by atoms with E-state index < -0.39 is 11.7 Å². The van der Waals surface area contributed by atoms with E-state index in [0.29, 0.717) is 22.8 Å². The van der Waals surface area contributed by atoms with Crippen molar-refractivity contribution in [2.45, 2.75) is 6.92 Å². The number of amides is 2. The maximum Gasteiger partial charge on any atom is 0.276 e. The van der Waals surface area contributed by atoms with Crippen molar-refractivity contribution in [2.75, 3.05) is 17.2 Å². The fourth-order valence-electron chi connectivity index (χ4n) is 2.85. The first kappa shape index (κ1) is 16.8. The first-order chi connectivity index (χ1) is 13.0. The van der Waals surface area contributed by atoms with Crippen LogP contribution in [0.4, 0.5) is 15.8 Å². The summed E-state index contributed by atoms with van der Waals surface area (Å²) < 4.78 is 20.8. The van der Waals surface area contributed by atoms with E-state index in [1.165, 1.54) is 10.7 Å². The van der Waals surface area contributed by atoms with Crippen LogP contribution in [-0.4, -0.2) is 28.2 Å². The maximum atomic E-state index is 14.0. The van der Waals surface area contributed by atoms with Crippen LogP contribution >= 0.6 is 0 Å². The third kappa shape index (κ3) is 3.12. The molecule has 0 saturated heterocycles. The number of halogens is 1. The van der Waals surface area contributed by atoms with Gasteiger partial charge in [0.2, 0.25) is 0 Å². The van der Waals surface area contributed by atoms with E-state index in [9.17, 15) is 14.0 Å². The molecule has 0 atom stereocenters. The summed E-state index contributed by atoms with van der Waals surface area (Å²) in [5, 5.41) is 9.62. The van der Waals surface area contributed by atoms with Gasteiger partial charge in [-0.1, -0.05) is 18.2 Å². The van der Waals surface area contributed by atoms with Gasteiger partial charge < -0.3 is 15.4 Å². The predicted molar refractivity (Wildman–Crippen MR) is 96.8 cm³/mol. The number of carbonyl (C=O) groups excluding carboxylic acids is 2. The number of ether oxygens (including phenoxy) is 1. The molecule has 1 aromatic heterocycles. The second-order valence-electron chi connectivity index (χ2n) is 6.01. The van der Waals surface area contributed by atoms with Gasteiger partial charge in [-0.15, -0.1) is 0 Å². The van der Waals surface area contributed by atoms with Gasteiger partial charge >= 0.3 is 0 Å². The second-order valence-corrected chi connectivity index (χ2v) is 6.01. The predicted octanol–water partition coefficient (Wildman–Crippen LogP) is 2.90. The van der Waals surface area contributed by atoms with Crippen LogP contribution in [0.2, 0.25) is 0 Å². The summed E-state index contributed by atoms with van der Waals surface area (Å²) in [6.45, 7) is 1.61. The monoisotopic (exact) mass is 366 g/mol. The highest BCUT2D eigenvalue weighted by Crippen LogP contribution is 2.35. The molecule has 2 aromatic carbocycles. The Morgan fingerprint density at radius 3 is 2.89 bits per heavy atom. The number of nitrogens with one attached hydrogen (secondary N) is 2. The number of rotatable bonds is 3. The number of hydrogen-bond donors (Lipinski definition) is 2. The summed E-state index contributed by atoms with van der Waals surface area (Å²) in [6, 6.07) is 12.8. The Bertz CT molecular complexity index is 1060. The SMILES string of the molecule is Cc1cc(C(=O)Nc2cccc3c2OCC(=O)N3)nn1-c1ccccc1F. The zero-order valence-corrected chi connectivity index (χ0v) is 14.3. The van der Waals surface area contributed by atoms with Crippen LogP contribution in [0.15, 0.2) is 48.5 Å². The minimum atomic E-state index is -0.470. The zero-order chi connectivity index (χ0) is 19.0. The molecule has 2 amide bonds. The zero-order valence-electron chi connectivity index (χ0n) is 14.3. The van der Waals surface area contributed by atoms with Crippen LogP contribution in [-0.2, 0) is 4.79 Å². The lowest BCUT2D eigenvalue weighted by Crippen LogP contribution is -2.26. The summed E-state index contributed by atoms with van der Waals surface area (Å²) >= 11 is 0. The number of carbonyl (C=O) groups is 2. The lowest BCUT2D eigenvalue weighted by molar-refractivity contribution is -0.118. The highest BCUT2D eigenvalue weighted by atomic mass is 19.1. The summed E-state index contributed by atoms with van der Waals surface area (Å²) in [5.41, 5.74) is 1.90. The van der Waals surface area contributed by atoms with Gasteiger partial charge in [0.15, 0.2) is 18.1 Å². The lowest BCUT2D eigenvalue weighted by Gasteiger charge is -2.20. The number of para-hydroxylation sites is 2. The van der Waals surface area contributed by atoms with Crippen LogP contribution in [0, 0.1) is 12.7 Å². The quantitative estimate of drug-likeness (QED) is 0.746. The Labute approximate surface area is 153 Å². The van der Waals surface area contributed by atoms with Crippen LogP contribution in [0.3, 0.4) is 0 Å². The molecule has 0 bridgehead atoms. The molecule has 0 fully saturated rings. The van der Waals surface area contributed by atoms with Gasteiger partial charge in [-0.3, -0.25) is 9.59 Å². The van der Waals surface area contributed by atoms with Crippen LogP contribution in [0.25, 0.3) is 5.69 Å². The average Bonchev–Trinajstić information content (AvgIpc) is 3.04. The number of benzene rings is 2. The molecule has 2 N–H and O–H groups in total. The number of aryl methyl sites for hydroxylation is 1. The van der Waals surface area contributed by atoms with Gasteiger partial charge in [0, 0.05) is 5.69 Å². The van der Waals surface area contributed by atoms with Gasteiger partial charge in [0.25, 0.3) is 11.8 Å². The molecule has 1 aliphatic rings. The van der Waals surface area contributed by atoms with Crippen molar-refractivity contribution in [2.24, 2.45) is 0 Å². The number of anilines is 2. The van der Waals surface area contributed by atoms with Crippen molar-refractivity contribution < 1.29 is 18.7 Å². The Morgan fingerprint density at radius 1 is 1.26 bits per heavy atom. The smallest absolute Gasteiger partial charge is 0.276 e. The topological polar surface area (TPSA) is 85.2 Å². The van der Waals surface area contributed by atoms with Crippen molar-refractivity contribution in [1.29, 1.82) is 0 Å². The molecule has 136 valence electrons. The Balaban J connectivity index is 1.62. The van der Waals surface area contributed by atoms with Gasteiger partial charge in [-0.05, 0) is 37.3 Å².